The molecule has 0 radical (unpaired) electrons. The summed E-state index contributed by atoms with van der Waals surface area (Å²) in [5.74, 6) is 0.971. The first-order chi connectivity index (χ1) is 12.4. The van der Waals surface area contributed by atoms with Crippen LogP contribution in [-0.2, 0) is 10.0 Å². The molecule has 2 aromatic carbocycles. The maximum Gasteiger partial charge on any atom is 0.266 e. The van der Waals surface area contributed by atoms with Crippen LogP contribution < -0.4 is 14.2 Å². The van der Waals surface area contributed by atoms with E-state index < -0.39 is 10.0 Å². The first kappa shape index (κ1) is 17.8. The Labute approximate surface area is 152 Å². The van der Waals surface area contributed by atoms with Crippen LogP contribution in [0.3, 0.4) is 0 Å². The summed E-state index contributed by atoms with van der Waals surface area (Å²) in [5, 5.41) is 4.37. The summed E-state index contributed by atoms with van der Waals surface area (Å²) >= 11 is 0. The van der Waals surface area contributed by atoms with Crippen LogP contribution in [0, 0.1) is 6.92 Å². The standard InChI is InChI=1S/C18H19N3O4S/c1-13-11-18(21(19-13)14-7-5-4-6-8-14)20-26(22,23)17-12-15(24-2)9-10-16(17)25-3/h4-12,20H,1-3H3. The summed E-state index contributed by atoms with van der Waals surface area (Å²) in [6.07, 6.45) is 0. The van der Waals surface area contributed by atoms with Crippen molar-refractivity contribution in [2.45, 2.75) is 11.8 Å². The highest BCUT2D eigenvalue weighted by atomic mass is 32.2. The van der Waals surface area contributed by atoms with Gasteiger partial charge in [-0.05, 0) is 31.2 Å². The van der Waals surface area contributed by atoms with Crippen molar-refractivity contribution >= 4 is 15.8 Å². The first-order valence-electron chi connectivity index (χ1n) is 7.81. The number of methoxy groups -OCH3 is 2. The monoisotopic (exact) mass is 373 g/mol. The maximum absolute atomic E-state index is 13.0. The summed E-state index contributed by atoms with van der Waals surface area (Å²) < 4.78 is 40.4. The van der Waals surface area contributed by atoms with E-state index in [1.807, 2.05) is 30.3 Å². The van der Waals surface area contributed by atoms with E-state index in [1.165, 1.54) is 20.3 Å². The van der Waals surface area contributed by atoms with E-state index in [9.17, 15) is 8.42 Å². The summed E-state index contributed by atoms with van der Waals surface area (Å²) in [6, 6.07) is 15.5. The number of sulfonamides is 1. The van der Waals surface area contributed by atoms with Gasteiger partial charge in [0.05, 0.1) is 25.6 Å². The number of hydrogen-bond acceptors (Lipinski definition) is 5. The molecule has 26 heavy (non-hydrogen) atoms. The first-order valence-corrected chi connectivity index (χ1v) is 9.30. The van der Waals surface area contributed by atoms with E-state index in [1.54, 1.807) is 29.8 Å². The topological polar surface area (TPSA) is 82.4 Å². The third-order valence-corrected chi connectivity index (χ3v) is 5.11. The van der Waals surface area contributed by atoms with Crippen molar-refractivity contribution in [2.24, 2.45) is 0 Å². The molecular weight excluding hydrogens is 354 g/mol. The van der Waals surface area contributed by atoms with Crippen molar-refractivity contribution in [3.63, 3.8) is 0 Å². The molecule has 1 aromatic heterocycles. The molecule has 0 aliphatic heterocycles. The third kappa shape index (κ3) is 3.50. The number of nitrogens with zero attached hydrogens (tertiary/aromatic N) is 2. The van der Waals surface area contributed by atoms with E-state index in [0.29, 0.717) is 17.3 Å². The van der Waals surface area contributed by atoms with Gasteiger partial charge >= 0.3 is 0 Å². The van der Waals surface area contributed by atoms with Crippen molar-refractivity contribution in [1.29, 1.82) is 0 Å². The lowest BCUT2D eigenvalue weighted by atomic mass is 10.3. The maximum atomic E-state index is 13.0. The van der Waals surface area contributed by atoms with Gasteiger partial charge in [-0.2, -0.15) is 5.10 Å². The van der Waals surface area contributed by atoms with Crippen LogP contribution in [0.15, 0.2) is 59.5 Å². The van der Waals surface area contributed by atoms with Gasteiger partial charge in [0.25, 0.3) is 10.0 Å². The molecular formula is C18H19N3O4S. The highest BCUT2D eigenvalue weighted by molar-refractivity contribution is 7.92. The zero-order chi connectivity index (χ0) is 18.7. The van der Waals surface area contributed by atoms with E-state index in [2.05, 4.69) is 9.82 Å². The quantitative estimate of drug-likeness (QED) is 0.718. The Kier molecular flexibility index (Phi) is 4.85. The number of aryl methyl sites for hydroxylation is 1. The summed E-state index contributed by atoms with van der Waals surface area (Å²) in [6.45, 7) is 1.80. The predicted octanol–water partition coefficient (Wildman–Crippen LogP) is 3.00. The lowest BCUT2D eigenvalue weighted by Crippen LogP contribution is -2.17. The highest BCUT2D eigenvalue weighted by Crippen LogP contribution is 2.30. The van der Waals surface area contributed by atoms with Crippen molar-refractivity contribution in [2.75, 3.05) is 18.9 Å². The van der Waals surface area contributed by atoms with Crippen molar-refractivity contribution in [1.82, 2.24) is 9.78 Å². The number of anilines is 1. The minimum absolute atomic E-state index is 0.0159. The predicted molar refractivity (Wildman–Crippen MR) is 98.7 cm³/mol. The molecule has 0 saturated heterocycles. The van der Waals surface area contributed by atoms with E-state index in [0.717, 1.165) is 5.69 Å². The molecule has 136 valence electrons. The fourth-order valence-electron chi connectivity index (χ4n) is 2.52. The molecule has 8 heteroatoms. The van der Waals surface area contributed by atoms with Crippen LogP contribution in [0.25, 0.3) is 5.69 Å². The largest absolute Gasteiger partial charge is 0.497 e. The molecule has 7 nitrogen and oxygen atoms in total. The van der Waals surface area contributed by atoms with Crippen molar-refractivity contribution in [3.05, 3.63) is 60.3 Å². The lowest BCUT2D eigenvalue weighted by Gasteiger charge is -2.14. The Morgan fingerprint density at radius 3 is 2.38 bits per heavy atom. The number of aromatic nitrogens is 2. The van der Waals surface area contributed by atoms with Gasteiger partial charge in [0.1, 0.15) is 22.2 Å². The Hall–Kier alpha value is -3.00. The minimum atomic E-state index is -3.92. The number of benzene rings is 2. The molecule has 0 fully saturated rings. The summed E-state index contributed by atoms with van der Waals surface area (Å²) in [7, 11) is -1.03. The van der Waals surface area contributed by atoms with Gasteiger partial charge in [-0.1, -0.05) is 18.2 Å². The van der Waals surface area contributed by atoms with E-state index in [-0.39, 0.29) is 10.6 Å². The molecule has 1 heterocycles. The van der Waals surface area contributed by atoms with Gasteiger partial charge in [-0.3, -0.25) is 4.72 Å². The number of nitrogens with one attached hydrogen (secondary N) is 1. The van der Waals surface area contributed by atoms with Crippen LogP contribution in [0.4, 0.5) is 5.82 Å². The molecule has 3 rings (SSSR count). The van der Waals surface area contributed by atoms with Crippen LogP contribution >= 0.6 is 0 Å². The molecule has 0 aliphatic rings. The Morgan fingerprint density at radius 1 is 1.00 bits per heavy atom. The fraction of sp³-hybridized carbons (Fsp3) is 0.167. The number of ether oxygens (including phenoxy) is 2. The molecule has 3 aromatic rings. The van der Waals surface area contributed by atoms with E-state index >= 15 is 0 Å². The van der Waals surface area contributed by atoms with Crippen LogP contribution in [0.5, 0.6) is 11.5 Å². The Morgan fingerprint density at radius 2 is 1.73 bits per heavy atom. The average Bonchev–Trinajstić information content (AvgIpc) is 3.01. The minimum Gasteiger partial charge on any atom is -0.497 e. The van der Waals surface area contributed by atoms with Gasteiger partial charge in [-0.25, -0.2) is 13.1 Å². The van der Waals surface area contributed by atoms with Crippen molar-refractivity contribution < 1.29 is 17.9 Å². The summed E-state index contributed by atoms with van der Waals surface area (Å²) in [5.41, 5.74) is 1.43. The van der Waals surface area contributed by atoms with Crippen LogP contribution in [0.1, 0.15) is 5.69 Å². The molecule has 0 spiro atoms. The number of rotatable bonds is 6. The zero-order valence-electron chi connectivity index (χ0n) is 14.6. The Bertz CT molecular complexity index is 1010. The molecule has 0 saturated carbocycles. The molecule has 0 unspecified atom stereocenters. The number of para-hydroxylation sites is 1. The Balaban J connectivity index is 2.04. The molecule has 1 N–H and O–H groups in total. The third-order valence-electron chi connectivity index (χ3n) is 3.73. The van der Waals surface area contributed by atoms with Crippen molar-refractivity contribution in [3.8, 4) is 17.2 Å². The summed E-state index contributed by atoms with van der Waals surface area (Å²) in [4.78, 5) is -0.0159. The lowest BCUT2D eigenvalue weighted by molar-refractivity contribution is 0.392. The van der Waals surface area contributed by atoms with E-state index in [4.69, 9.17) is 9.47 Å². The second-order valence-corrected chi connectivity index (χ2v) is 7.19. The van der Waals surface area contributed by atoms with Gasteiger partial charge in [-0.15, -0.1) is 0 Å². The average molecular weight is 373 g/mol. The smallest absolute Gasteiger partial charge is 0.266 e. The molecule has 0 aliphatic carbocycles. The van der Waals surface area contributed by atoms with Gasteiger partial charge in [0, 0.05) is 12.1 Å². The highest BCUT2D eigenvalue weighted by Gasteiger charge is 2.23. The molecule has 0 atom stereocenters. The molecule has 0 bridgehead atoms. The van der Waals surface area contributed by atoms with Gasteiger partial charge in [0.15, 0.2) is 0 Å². The normalized spacial score (nSPS) is 11.2. The number of hydrogen-bond donors (Lipinski definition) is 1. The van der Waals surface area contributed by atoms with Crippen LogP contribution in [0.2, 0.25) is 0 Å². The zero-order valence-corrected chi connectivity index (χ0v) is 15.4. The van der Waals surface area contributed by atoms with Gasteiger partial charge in [0.2, 0.25) is 0 Å². The second-order valence-electron chi connectivity index (χ2n) is 5.54. The fourth-order valence-corrected chi connectivity index (χ4v) is 3.74. The van der Waals surface area contributed by atoms with Crippen LogP contribution in [-0.4, -0.2) is 32.4 Å². The second kappa shape index (κ2) is 7.09. The molecule has 0 amide bonds. The van der Waals surface area contributed by atoms with Gasteiger partial charge < -0.3 is 9.47 Å². The SMILES string of the molecule is COc1ccc(OC)c(S(=O)(=O)Nc2cc(C)nn2-c2ccccc2)c1.